The summed E-state index contributed by atoms with van der Waals surface area (Å²) in [6.45, 7) is 3.55. The Morgan fingerprint density at radius 3 is 2.88 bits per heavy atom. The number of thioether (sulfide) groups is 1. The van der Waals surface area contributed by atoms with Gasteiger partial charge in [-0.2, -0.15) is 11.8 Å². The fraction of sp³-hybridized carbons (Fsp3) is 0.538. The fourth-order valence-electron chi connectivity index (χ4n) is 1.34. The van der Waals surface area contributed by atoms with Gasteiger partial charge in [-0.05, 0) is 42.8 Å². The van der Waals surface area contributed by atoms with E-state index in [9.17, 15) is 0 Å². The molecule has 1 aromatic rings. The molecular formula is C13H20ClNOS. The molecule has 1 rings (SSSR count). The zero-order valence-electron chi connectivity index (χ0n) is 10.2. The summed E-state index contributed by atoms with van der Waals surface area (Å²) < 4.78 is 5.53. The molecule has 96 valence electrons. The van der Waals surface area contributed by atoms with Crippen LogP contribution in [0, 0.1) is 0 Å². The molecular weight excluding hydrogens is 254 g/mol. The van der Waals surface area contributed by atoms with E-state index in [0.29, 0.717) is 11.6 Å². The van der Waals surface area contributed by atoms with E-state index in [2.05, 4.69) is 13.0 Å². The van der Waals surface area contributed by atoms with E-state index in [0.717, 1.165) is 36.6 Å². The lowest BCUT2D eigenvalue weighted by molar-refractivity contribution is 0.317. The van der Waals surface area contributed by atoms with Gasteiger partial charge in [0.2, 0.25) is 0 Å². The Morgan fingerprint density at radius 2 is 2.24 bits per heavy atom. The number of halogens is 1. The molecule has 0 bridgehead atoms. The van der Waals surface area contributed by atoms with Crippen LogP contribution in [0.5, 0.6) is 5.75 Å². The van der Waals surface area contributed by atoms with Crippen LogP contribution in [-0.4, -0.2) is 18.9 Å². The molecule has 0 saturated heterocycles. The predicted octanol–water partition coefficient (Wildman–Crippen LogP) is 3.71. The van der Waals surface area contributed by atoms with Gasteiger partial charge in [0.15, 0.2) is 0 Å². The van der Waals surface area contributed by atoms with Gasteiger partial charge in [-0.1, -0.05) is 24.6 Å². The Kier molecular flexibility index (Phi) is 7.49. The Bertz CT molecular complexity index is 333. The maximum absolute atomic E-state index is 6.15. The van der Waals surface area contributed by atoms with Gasteiger partial charge in [0, 0.05) is 5.75 Å². The zero-order valence-corrected chi connectivity index (χ0v) is 11.8. The van der Waals surface area contributed by atoms with Gasteiger partial charge in [-0.3, -0.25) is 0 Å². The minimum atomic E-state index is 0.704. The lowest BCUT2D eigenvalue weighted by Gasteiger charge is -2.08. The van der Waals surface area contributed by atoms with Crippen molar-refractivity contribution in [1.29, 1.82) is 0 Å². The van der Waals surface area contributed by atoms with Crippen molar-refractivity contribution in [1.82, 2.24) is 0 Å². The third-order valence-corrected chi connectivity index (χ3v) is 3.63. The summed E-state index contributed by atoms with van der Waals surface area (Å²) in [5.41, 5.74) is 6.68. The molecule has 0 fully saturated rings. The molecule has 0 unspecified atom stereocenters. The van der Waals surface area contributed by atoms with Crippen LogP contribution in [0.25, 0.3) is 0 Å². The molecule has 0 spiro atoms. The second kappa shape index (κ2) is 8.67. The van der Waals surface area contributed by atoms with Crippen molar-refractivity contribution < 1.29 is 4.74 Å². The van der Waals surface area contributed by atoms with Crippen LogP contribution in [0.3, 0.4) is 0 Å². The first kappa shape index (κ1) is 14.7. The normalized spacial score (nSPS) is 10.5. The number of rotatable bonds is 8. The molecule has 0 atom stereocenters. The van der Waals surface area contributed by atoms with Crippen molar-refractivity contribution >= 4 is 23.4 Å². The summed E-state index contributed by atoms with van der Waals surface area (Å²) in [6.07, 6.45) is 2.06. The van der Waals surface area contributed by atoms with E-state index in [1.807, 2.05) is 23.9 Å². The summed E-state index contributed by atoms with van der Waals surface area (Å²) in [6, 6.07) is 6.02. The van der Waals surface area contributed by atoms with E-state index < -0.39 is 0 Å². The summed E-state index contributed by atoms with van der Waals surface area (Å²) in [5.74, 6) is 2.86. The highest BCUT2D eigenvalue weighted by atomic mass is 35.5. The van der Waals surface area contributed by atoms with Gasteiger partial charge in [-0.25, -0.2) is 0 Å². The molecule has 1 aromatic carbocycles. The van der Waals surface area contributed by atoms with Crippen molar-refractivity contribution in [3.05, 3.63) is 28.8 Å². The Morgan fingerprint density at radius 1 is 1.41 bits per heavy atom. The fourth-order valence-corrected chi connectivity index (χ4v) is 2.53. The lowest BCUT2D eigenvalue weighted by Crippen LogP contribution is -1.99. The number of hydrogen-bond donors (Lipinski definition) is 1. The monoisotopic (exact) mass is 273 g/mol. The molecule has 0 aliphatic carbocycles. The summed E-state index contributed by atoms with van der Waals surface area (Å²) >= 11 is 8.03. The van der Waals surface area contributed by atoms with Crippen molar-refractivity contribution in [2.75, 3.05) is 18.9 Å². The third-order valence-electron chi connectivity index (χ3n) is 2.22. The van der Waals surface area contributed by atoms with E-state index in [4.69, 9.17) is 22.1 Å². The maximum Gasteiger partial charge on any atom is 0.137 e. The largest absolute Gasteiger partial charge is 0.492 e. The molecule has 0 aliphatic heterocycles. The van der Waals surface area contributed by atoms with Gasteiger partial charge in [0.05, 0.1) is 11.6 Å². The van der Waals surface area contributed by atoms with Crippen molar-refractivity contribution in [3.8, 4) is 5.75 Å². The molecule has 2 N–H and O–H groups in total. The first-order valence-corrected chi connectivity index (χ1v) is 7.50. The minimum Gasteiger partial charge on any atom is -0.492 e. The maximum atomic E-state index is 6.15. The number of hydrogen-bond acceptors (Lipinski definition) is 3. The van der Waals surface area contributed by atoms with Crippen LogP contribution in [0.15, 0.2) is 18.2 Å². The van der Waals surface area contributed by atoms with E-state index in [-0.39, 0.29) is 0 Å². The zero-order chi connectivity index (χ0) is 12.5. The molecule has 0 heterocycles. The highest BCUT2D eigenvalue weighted by molar-refractivity contribution is 7.98. The molecule has 0 amide bonds. The second-order valence-corrected chi connectivity index (χ2v) is 5.32. The van der Waals surface area contributed by atoms with Crippen LogP contribution in [0.2, 0.25) is 5.02 Å². The SMILES string of the molecule is CCCOc1ccc(CSCCCN)cc1Cl. The highest BCUT2D eigenvalue weighted by Gasteiger charge is 2.02. The molecule has 17 heavy (non-hydrogen) atoms. The molecule has 0 saturated carbocycles. The number of nitrogens with two attached hydrogens (primary N) is 1. The third kappa shape index (κ3) is 5.66. The van der Waals surface area contributed by atoms with Gasteiger partial charge in [-0.15, -0.1) is 0 Å². The van der Waals surface area contributed by atoms with Crippen molar-refractivity contribution in [2.45, 2.75) is 25.5 Å². The summed E-state index contributed by atoms with van der Waals surface area (Å²) in [5, 5.41) is 0.704. The molecule has 0 aliphatic rings. The number of ether oxygens (including phenoxy) is 1. The standard InChI is InChI=1S/C13H20ClNOS/c1-2-7-16-13-5-4-11(9-12(13)14)10-17-8-3-6-15/h4-5,9H,2-3,6-8,10,15H2,1H3. The van der Waals surface area contributed by atoms with Crippen LogP contribution in [-0.2, 0) is 5.75 Å². The second-order valence-electron chi connectivity index (χ2n) is 3.81. The van der Waals surface area contributed by atoms with E-state index in [1.54, 1.807) is 0 Å². The smallest absolute Gasteiger partial charge is 0.137 e. The van der Waals surface area contributed by atoms with E-state index in [1.165, 1.54) is 5.56 Å². The first-order valence-electron chi connectivity index (χ1n) is 5.97. The van der Waals surface area contributed by atoms with Gasteiger partial charge in [0.25, 0.3) is 0 Å². The van der Waals surface area contributed by atoms with Crippen LogP contribution >= 0.6 is 23.4 Å². The number of benzene rings is 1. The highest BCUT2D eigenvalue weighted by Crippen LogP contribution is 2.27. The summed E-state index contributed by atoms with van der Waals surface area (Å²) in [7, 11) is 0. The van der Waals surface area contributed by atoms with Gasteiger partial charge < -0.3 is 10.5 Å². The first-order chi connectivity index (χ1) is 8.27. The van der Waals surface area contributed by atoms with Crippen LogP contribution < -0.4 is 10.5 Å². The molecule has 0 radical (unpaired) electrons. The van der Waals surface area contributed by atoms with Crippen LogP contribution in [0.1, 0.15) is 25.3 Å². The quantitative estimate of drug-likeness (QED) is 0.734. The Hall–Kier alpha value is -0.380. The van der Waals surface area contributed by atoms with Crippen LogP contribution in [0.4, 0.5) is 0 Å². The van der Waals surface area contributed by atoms with E-state index >= 15 is 0 Å². The minimum absolute atomic E-state index is 0.704. The average molecular weight is 274 g/mol. The topological polar surface area (TPSA) is 35.2 Å². The molecule has 0 aromatic heterocycles. The lowest BCUT2D eigenvalue weighted by atomic mass is 10.2. The Labute approximate surface area is 113 Å². The average Bonchev–Trinajstić information content (AvgIpc) is 2.34. The Balaban J connectivity index is 2.44. The predicted molar refractivity (Wildman–Crippen MR) is 77.1 cm³/mol. The van der Waals surface area contributed by atoms with Gasteiger partial charge >= 0.3 is 0 Å². The molecule has 2 nitrogen and oxygen atoms in total. The van der Waals surface area contributed by atoms with Gasteiger partial charge in [0.1, 0.15) is 5.75 Å². The summed E-state index contributed by atoms with van der Waals surface area (Å²) in [4.78, 5) is 0. The molecule has 4 heteroatoms. The van der Waals surface area contributed by atoms with Crippen molar-refractivity contribution in [2.24, 2.45) is 5.73 Å². The van der Waals surface area contributed by atoms with Crippen molar-refractivity contribution in [3.63, 3.8) is 0 Å².